The maximum absolute atomic E-state index is 14.6. The quantitative estimate of drug-likeness (QED) is 0.470. The second kappa shape index (κ2) is 9.84. The molecule has 3 aliphatic heterocycles. The van der Waals surface area contributed by atoms with Crippen LogP contribution in [0.4, 0.5) is 5.69 Å². The van der Waals surface area contributed by atoms with Gasteiger partial charge in [-0.3, -0.25) is 14.4 Å². The maximum Gasteiger partial charge on any atom is 0.310 e. The monoisotopic (exact) mass is 538 g/mol. The number of anilines is 1. The third kappa shape index (κ3) is 3.69. The van der Waals surface area contributed by atoms with E-state index in [0.29, 0.717) is 35.5 Å². The number of hydrogen-bond donors (Lipinski definition) is 2. The molecule has 2 unspecified atom stereocenters. The smallest absolute Gasteiger partial charge is 0.310 e. The predicted octanol–water partition coefficient (Wildman–Crippen LogP) is 3.83. The van der Waals surface area contributed by atoms with Crippen LogP contribution in [0.1, 0.15) is 37.8 Å². The fourth-order valence-electron chi connectivity index (χ4n) is 6.93. The molecule has 0 radical (unpaired) electrons. The number of benzene rings is 2. The molecule has 38 heavy (non-hydrogen) atoms. The van der Waals surface area contributed by atoms with Gasteiger partial charge in [-0.1, -0.05) is 67.1 Å². The average molecular weight is 539 g/mol. The number of nitrogens with zero attached hydrogens (tertiary/aromatic N) is 2. The molecule has 3 heterocycles. The molecular formula is C29H31ClN2O6. The van der Waals surface area contributed by atoms with Crippen molar-refractivity contribution < 1.29 is 29.3 Å². The van der Waals surface area contributed by atoms with Crippen molar-refractivity contribution in [2.75, 3.05) is 18.1 Å². The van der Waals surface area contributed by atoms with Crippen LogP contribution in [0.25, 0.3) is 0 Å². The minimum Gasteiger partial charge on any atom is -0.481 e. The van der Waals surface area contributed by atoms with E-state index in [9.17, 15) is 24.6 Å². The third-order valence-corrected chi connectivity index (χ3v) is 8.85. The van der Waals surface area contributed by atoms with Gasteiger partial charge in [0, 0.05) is 6.54 Å². The number of ether oxygens (including phenoxy) is 1. The highest BCUT2D eigenvalue weighted by Crippen LogP contribution is 2.65. The Morgan fingerprint density at radius 1 is 1.21 bits per heavy atom. The molecule has 2 bridgehead atoms. The molecule has 5 rings (SSSR count). The molecule has 2 N–H and O–H groups in total. The summed E-state index contributed by atoms with van der Waals surface area (Å²) in [5.74, 6) is -4.23. The molecule has 6 atom stereocenters. The normalized spacial score (nSPS) is 30.2. The number of rotatable bonds is 9. The van der Waals surface area contributed by atoms with Crippen LogP contribution < -0.4 is 4.90 Å². The largest absolute Gasteiger partial charge is 0.481 e. The van der Waals surface area contributed by atoms with Gasteiger partial charge in [0.2, 0.25) is 5.91 Å². The molecule has 200 valence electrons. The molecule has 2 aromatic rings. The maximum atomic E-state index is 14.6. The van der Waals surface area contributed by atoms with Crippen LogP contribution >= 0.6 is 11.6 Å². The molecule has 1 spiro atoms. The van der Waals surface area contributed by atoms with E-state index in [2.05, 4.69) is 6.58 Å². The first-order valence-electron chi connectivity index (χ1n) is 12.8. The number of likely N-dealkylation sites (tertiary alicyclic amines) is 1. The van der Waals surface area contributed by atoms with Crippen molar-refractivity contribution in [3.8, 4) is 0 Å². The van der Waals surface area contributed by atoms with E-state index < -0.39 is 59.5 Å². The second-order valence-electron chi connectivity index (χ2n) is 10.2. The van der Waals surface area contributed by atoms with Gasteiger partial charge < -0.3 is 24.7 Å². The van der Waals surface area contributed by atoms with E-state index in [-0.39, 0.29) is 6.54 Å². The molecule has 9 heteroatoms. The number of hydrogen-bond acceptors (Lipinski definition) is 5. The first kappa shape index (κ1) is 26.4. The van der Waals surface area contributed by atoms with Crippen LogP contribution in [0, 0.1) is 11.8 Å². The van der Waals surface area contributed by atoms with Crippen LogP contribution in [-0.4, -0.2) is 63.3 Å². The molecule has 3 saturated heterocycles. The second-order valence-corrected chi connectivity index (χ2v) is 10.6. The van der Waals surface area contributed by atoms with E-state index >= 15 is 0 Å². The average Bonchev–Trinajstić information content (AvgIpc) is 3.52. The Hall–Kier alpha value is -3.20. The number of carbonyl (C=O) groups excluding carboxylic acids is 2. The minimum absolute atomic E-state index is 0.109. The molecule has 3 fully saturated rings. The fourth-order valence-corrected chi connectivity index (χ4v) is 7.17. The number of aliphatic hydroxyl groups is 1. The molecule has 0 aliphatic carbocycles. The lowest BCUT2D eigenvalue weighted by Gasteiger charge is -2.39. The predicted molar refractivity (Wildman–Crippen MR) is 142 cm³/mol. The molecule has 2 amide bonds. The van der Waals surface area contributed by atoms with Gasteiger partial charge in [-0.25, -0.2) is 0 Å². The zero-order valence-electron chi connectivity index (χ0n) is 21.1. The summed E-state index contributed by atoms with van der Waals surface area (Å²) in [6.07, 6.45) is 2.74. The number of fused-ring (bicyclic) bond motifs is 1. The minimum atomic E-state index is -1.35. The summed E-state index contributed by atoms with van der Waals surface area (Å²) in [5.41, 5.74) is -1.31. The number of aliphatic hydroxyl groups excluding tert-OH is 1. The van der Waals surface area contributed by atoms with Crippen molar-refractivity contribution in [2.24, 2.45) is 11.8 Å². The highest BCUT2D eigenvalue weighted by Gasteiger charge is 2.79. The number of amides is 2. The van der Waals surface area contributed by atoms with Crippen LogP contribution in [0.15, 0.2) is 67.3 Å². The Kier molecular flexibility index (Phi) is 6.84. The zero-order valence-corrected chi connectivity index (χ0v) is 21.9. The number of aliphatic carboxylic acids is 1. The summed E-state index contributed by atoms with van der Waals surface area (Å²) in [5, 5.41) is 21.2. The standard InChI is InChI=1S/C29H31ClN2O6/c1-3-16-31(20-13-9-8-12-19(20)30)26(35)24-29-15-14-28(4-2,38-29)23(27(36)37)22(29)25(34)32(24)21(17-33)18-10-6-5-7-11-18/h3,5-13,21-24,33H,1,4,14-17H2,2H3,(H,36,37)/t21-,22+,23+,24?,28-,29?/m1/s1. The Morgan fingerprint density at radius 2 is 1.89 bits per heavy atom. The van der Waals surface area contributed by atoms with Crippen LogP contribution in [-0.2, 0) is 19.1 Å². The van der Waals surface area contributed by atoms with Gasteiger partial charge in [0.25, 0.3) is 5.91 Å². The van der Waals surface area contributed by atoms with Crippen LogP contribution in [0.2, 0.25) is 5.02 Å². The van der Waals surface area contributed by atoms with Gasteiger partial charge in [0.05, 0.1) is 34.9 Å². The fraction of sp³-hybridized carbons (Fsp3) is 0.414. The first-order valence-corrected chi connectivity index (χ1v) is 13.2. The van der Waals surface area contributed by atoms with Crippen molar-refractivity contribution >= 4 is 35.1 Å². The Labute approximate surface area is 226 Å². The third-order valence-electron chi connectivity index (χ3n) is 8.53. The summed E-state index contributed by atoms with van der Waals surface area (Å²) in [7, 11) is 0. The van der Waals surface area contributed by atoms with Gasteiger partial charge >= 0.3 is 5.97 Å². The highest BCUT2D eigenvalue weighted by molar-refractivity contribution is 6.34. The number of carboxylic acid groups (broad SMARTS) is 1. The molecule has 2 aromatic carbocycles. The van der Waals surface area contributed by atoms with Crippen molar-refractivity contribution in [2.45, 2.75) is 49.5 Å². The van der Waals surface area contributed by atoms with E-state index in [1.807, 2.05) is 13.0 Å². The van der Waals surface area contributed by atoms with Crippen LogP contribution in [0.5, 0.6) is 0 Å². The lowest BCUT2D eigenvalue weighted by atomic mass is 9.65. The van der Waals surface area contributed by atoms with Gasteiger partial charge in [-0.2, -0.15) is 0 Å². The number of halogens is 1. The van der Waals surface area contributed by atoms with Gasteiger partial charge in [0.15, 0.2) is 0 Å². The molecule has 3 aliphatic rings. The Morgan fingerprint density at radius 3 is 2.50 bits per heavy atom. The summed E-state index contributed by atoms with van der Waals surface area (Å²) < 4.78 is 6.62. The summed E-state index contributed by atoms with van der Waals surface area (Å²) in [6.45, 7) is 5.31. The van der Waals surface area contributed by atoms with Crippen molar-refractivity contribution in [3.63, 3.8) is 0 Å². The van der Waals surface area contributed by atoms with Crippen LogP contribution in [0.3, 0.4) is 0 Å². The van der Waals surface area contributed by atoms with E-state index in [4.69, 9.17) is 16.3 Å². The van der Waals surface area contributed by atoms with E-state index in [1.54, 1.807) is 54.6 Å². The SMILES string of the molecule is C=CCN(C(=O)C1N([C@H](CO)c2ccccc2)C(=O)[C@@H]2[C@@H](C(=O)O)[C@@]3(CC)CCC12O3)c1ccccc1Cl. The highest BCUT2D eigenvalue weighted by atomic mass is 35.5. The summed E-state index contributed by atoms with van der Waals surface area (Å²) in [6, 6.07) is 13.8. The number of carbonyl (C=O) groups is 3. The van der Waals surface area contributed by atoms with E-state index in [1.165, 1.54) is 9.80 Å². The topological polar surface area (TPSA) is 107 Å². The lowest BCUT2D eigenvalue weighted by Crippen LogP contribution is -2.57. The van der Waals surface area contributed by atoms with E-state index in [0.717, 1.165) is 0 Å². The first-order chi connectivity index (χ1) is 18.3. The number of carboxylic acids is 1. The Balaban J connectivity index is 1.70. The molecule has 0 aromatic heterocycles. The van der Waals surface area contributed by atoms with Crippen molar-refractivity contribution in [1.82, 2.24) is 4.90 Å². The summed E-state index contributed by atoms with van der Waals surface area (Å²) in [4.78, 5) is 44.3. The van der Waals surface area contributed by atoms with Gasteiger partial charge in [-0.05, 0) is 37.0 Å². The Bertz CT molecular complexity index is 1270. The summed E-state index contributed by atoms with van der Waals surface area (Å²) >= 11 is 6.50. The molecule has 0 saturated carbocycles. The van der Waals surface area contributed by atoms with Gasteiger partial charge in [-0.15, -0.1) is 6.58 Å². The zero-order chi connectivity index (χ0) is 27.2. The molecule has 8 nitrogen and oxygen atoms in total. The lowest BCUT2D eigenvalue weighted by molar-refractivity contribution is -0.157. The van der Waals surface area contributed by atoms with Gasteiger partial charge in [0.1, 0.15) is 17.6 Å². The molecular weight excluding hydrogens is 508 g/mol. The van der Waals surface area contributed by atoms with Crippen molar-refractivity contribution in [1.29, 1.82) is 0 Å². The number of para-hydroxylation sites is 1. The van der Waals surface area contributed by atoms with Crippen molar-refractivity contribution in [3.05, 3.63) is 77.8 Å².